The molecule has 96 valence electrons. The summed E-state index contributed by atoms with van der Waals surface area (Å²) in [5, 5.41) is 13.6. The highest BCUT2D eigenvalue weighted by Crippen LogP contribution is 2.22. The average molecular weight is 273 g/mol. The molecule has 1 aromatic rings. The van der Waals surface area contributed by atoms with Crippen molar-refractivity contribution in [2.75, 3.05) is 13.2 Å². The number of aliphatic hydroxyl groups excluding tert-OH is 1. The SMILES string of the molecule is CC(C)(CCCO)CNC(=O)c1cc(S)cs1. The van der Waals surface area contributed by atoms with E-state index in [4.69, 9.17) is 5.11 Å². The number of aliphatic hydroxyl groups is 1. The molecule has 0 aliphatic heterocycles. The number of carbonyl (C=O) groups is 1. The first-order valence-electron chi connectivity index (χ1n) is 5.61. The summed E-state index contributed by atoms with van der Waals surface area (Å²) in [5.74, 6) is -0.0487. The van der Waals surface area contributed by atoms with E-state index in [2.05, 4.69) is 31.8 Å². The predicted octanol–water partition coefficient (Wildman–Crippen LogP) is 2.57. The third-order valence-corrected chi connectivity index (χ3v) is 3.91. The van der Waals surface area contributed by atoms with E-state index in [0.29, 0.717) is 11.4 Å². The zero-order chi connectivity index (χ0) is 12.9. The van der Waals surface area contributed by atoms with Crippen LogP contribution in [0.4, 0.5) is 0 Å². The van der Waals surface area contributed by atoms with Crippen LogP contribution in [0.1, 0.15) is 36.4 Å². The lowest BCUT2D eigenvalue weighted by Crippen LogP contribution is -2.33. The van der Waals surface area contributed by atoms with E-state index in [1.807, 2.05) is 5.38 Å². The van der Waals surface area contributed by atoms with Crippen molar-refractivity contribution in [3.8, 4) is 0 Å². The van der Waals surface area contributed by atoms with Crippen LogP contribution in [0.3, 0.4) is 0 Å². The molecule has 0 bridgehead atoms. The number of amides is 1. The number of nitrogens with one attached hydrogen (secondary N) is 1. The molecule has 0 saturated carbocycles. The van der Waals surface area contributed by atoms with E-state index in [9.17, 15) is 4.79 Å². The van der Waals surface area contributed by atoms with Gasteiger partial charge < -0.3 is 10.4 Å². The number of rotatable bonds is 6. The van der Waals surface area contributed by atoms with Crippen LogP contribution < -0.4 is 5.32 Å². The molecule has 0 radical (unpaired) electrons. The standard InChI is InChI=1S/C12H19NO2S2/c1-12(2,4-3-5-14)8-13-11(15)10-6-9(16)7-17-10/h6-7,14,16H,3-5,8H2,1-2H3,(H,13,15). The number of hydrogen-bond acceptors (Lipinski definition) is 4. The van der Waals surface area contributed by atoms with Gasteiger partial charge in [-0.2, -0.15) is 0 Å². The van der Waals surface area contributed by atoms with Crippen molar-refractivity contribution in [1.29, 1.82) is 0 Å². The second-order valence-corrected chi connectivity index (χ2v) is 6.27. The zero-order valence-corrected chi connectivity index (χ0v) is 11.9. The van der Waals surface area contributed by atoms with Crippen molar-refractivity contribution >= 4 is 29.9 Å². The quantitative estimate of drug-likeness (QED) is 0.698. The Hall–Kier alpha value is -0.520. The highest BCUT2D eigenvalue weighted by atomic mass is 32.1. The summed E-state index contributed by atoms with van der Waals surface area (Å²) < 4.78 is 0. The molecule has 0 saturated heterocycles. The van der Waals surface area contributed by atoms with Gasteiger partial charge >= 0.3 is 0 Å². The Balaban J connectivity index is 2.42. The van der Waals surface area contributed by atoms with E-state index in [0.717, 1.165) is 17.7 Å². The van der Waals surface area contributed by atoms with Crippen LogP contribution in [0.5, 0.6) is 0 Å². The lowest BCUT2D eigenvalue weighted by atomic mass is 9.88. The van der Waals surface area contributed by atoms with E-state index in [1.165, 1.54) is 11.3 Å². The van der Waals surface area contributed by atoms with E-state index in [1.54, 1.807) is 6.07 Å². The molecule has 2 N–H and O–H groups in total. The minimum absolute atomic E-state index is 0.0133. The summed E-state index contributed by atoms with van der Waals surface area (Å²) >= 11 is 5.57. The number of thiol groups is 1. The second kappa shape index (κ2) is 6.42. The Morgan fingerprint density at radius 1 is 1.59 bits per heavy atom. The molecule has 3 nitrogen and oxygen atoms in total. The summed E-state index contributed by atoms with van der Waals surface area (Å²) in [5.41, 5.74) is 0.0133. The van der Waals surface area contributed by atoms with Gasteiger partial charge in [-0.3, -0.25) is 4.79 Å². The summed E-state index contributed by atoms with van der Waals surface area (Å²) in [4.78, 5) is 13.3. The molecule has 0 unspecified atom stereocenters. The molecule has 0 aliphatic carbocycles. The molecule has 0 atom stereocenters. The van der Waals surface area contributed by atoms with Crippen molar-refractivity contribution in [2.24, 2.45) is 5.41 Å². The van der Waals surface area contributed by atoms with Gasteiger partial charge in [-0.25, -0.2) is 0 Å². The van der Waals surface area contributed by atoms with Gasteiger partial charge in [0.15, 0.2) is 0 Å². The first kappa shape index (κ1) is 14.5. The summed E-state index contributed by atoms with van der Waals surface area (Å²) in [7, 11) is 0. The predicted molar refractivity (Wildman–Crippen MR) is 74.0 cm³/mol. The van der Waals surface area contributed by atoms with Gasteiger partial charge in [-0.1, -0.05) is 13.8 Å². The first-order chi connectivity index (χ1) is 7.94. The first-order valence-corrected chi connectivity index (χ1v) is 6.94. The van der Waals surface area contributed by atoms with Gasteiger partial charge in [-0.15, -0.1) is 24.0 Å². The Kier molecular flexibility index (Phi) is 5.49. The fraction of sp³-hybridized carbons (Fsp3) is 0.583. The highest BCUT2D eigenvalue weighted by molar-refractivity contribution is 7.80. The van der Waals surface area contributed by atoms with E-state index < -0.39 is 0 Å². The lowest BCUT2D eigenvalue weighted by Gasteiger charge is -2.24. The largest absolute Gasteiger partial charge is 0.396 e. The molecule has 1 heterocycles. The van der Waals surface area contributed by atoms with E-state index >= 15 is 0 Å². The summed E-state index contributed by atoms with van der Waals surface area (Å²) in [6, 6.07) is 1.77. The topological polar surface area (TPSA) is 49.3 Å². The molecule has 1 amide bonds. The Morgan fingerprint density at radius 3 is 2.82 bits per heavy atom. The lowest BCUT2D eigenvalue weighted by molar-refractivity contribution is 0.0937. The van der Waals surface area contributed by atoms with Crippen LogP contribution in [0.25, 0.3) is 0 Å². The van der Waals surface area contributed by atoms with Gasteiger partial charge in [0.1, 0.15) is 0 Å². The number of carbonyl (C=O) groups excluding carboxylic acids is 1. The third-order valence-electron chi connectivity index (χ3n) is 2.55. The van der Waals surface area contributed by atoms with Crippen molar-refractivity contribution in [2.45, 2.75) is 31.6 Å². The van der Waals surface area contributed by atoms with Gasteiger partial charge in [0.05, 0.1) is 4.88 Å². The van der Waals surface area contributed by atoms with Gasteiger partial charge in [0.2, 0.25) is 0 Å². The van der Waals surface area contributed by atoms with Crippen LogP contribution in [0.2, 0.25) is 0 Å². The van der Waals surface area contributed by atoms with Crippen LogP contribution in [0.15, 0.2) is 16.3 Å². The maximum atomic E-state index is 11.8. The van der Waals surface area contributed by atoms with Crippen LogP contribution >= 0.6 is 24.0 Å². The van der Waals surface area contributed by atoms with Crippen LogP contribution in [-0.4, -0.2) is 24.2 Å². The molecular formula is C12H19NO2S2. The maximum Gasteiger partial charge on any atom is 0.261 e. The molecule has 0 aliphatic rings. The summed E-state index contributed by atoms with van der Waals surface area (Å²) in [6.07, 6.45) is 1.66. The Morgan fingerprint density at radius 2 is 2.29 bits per heavy atom. The zero-order valence-electron chi connectivity index (χ0n) is 10.2. The average Bonchev–Trinajstić information content (AvgIpc) is 2.70. The third kappa shape index (κ3) is 5.10. The Labute approximate surface area is 112 Å². The van der Waals surface area contributed by atoms with Crippen molar-refractivity contribution in [1.82, 2.24) is 5.32 Å². The second-order valence-electron chi connectivity index (χ2n) is 4.84. The highest BCUT2D eigenvalue weighted by Gasteiger charge is 2.19. The van der Waals surface area contributed by atoms with E-state index in [-0.39, 0.29) is 17.9 Å². The Bertz CT molecular complexity index is 374. The number of thiophene rings is 1. The molecule has 5 heteroatoms. The molecular weight excluding hydrogens is 254 g/mol. The summed E-state index contributed by atoms with van der Waals surface area (Å²) in [6.45, 7) is 4.99. The van der Waals surface area contributed by atoms with Gasteiger partial charge in [0, 0.05) is 23.4 Å². The minimum Gasteiger partial charge on any atom is -0.396 e. The molecule has 17 heavy (non-hydrogen) atoms. The van der Waals surface area contributed by atoms with Crippen molar-refractivity contribution in [3.63, 3.8) is 0 Å². The van der Waals surface area contributed by atoms with Gasteiger partial charge in [-0.05, 0) is 24.3 Å². The molecule has 1 aromatic heterocycles. The van der Waals surface area contributed by atoms with Crippen LogP contribution in [-0.2, 0) is 0 Å². The fourth-order valence-corrected chi connectivity index (χ4v) is 2.56. The van der Waals surface area contributed by atoms with Crippen molar-refractivity contribution < 1.29 is 9.90 Å². The molecule has 0 fully saturated rings. The normalized spacial score (nSPS) is 11.5. The van der Waals surface area contributed by atoms with Crippen LogP contribution in [0, 0.1) is 5.41 Å². The molecule has 0 aromatic carbocycles. The molecule has 1 rings (SSSR count). The number of hydrogen-bond donors (Lipinski definition) is 3. The monoisotopic (exact) mass is 273 g/mol. The molecule has 0 spiro atoms. The van der Waals surface area contributed by atoms with Gasteiger partial charge in [0.25, 0.3) is 5.91 Å². The fourth-order valence-electron chi connectivity index (χ4n) is 1.50. The minimum atomic E-state index is -0.0487. The maximum absolute atomic E-state index is 11.8. The van der Waals surface area contributed by atoms with Crippen molar-refractivity contribution in [3.05, 3.63) is 16.3 Å². The smallest absolute Gasteiger partial charge is 0.261 e.